The second-order valence-electron chi connectivity index (χ2n) is 4.97. The normalized spacial score (nSPS) is 19.0. The smallest absolute Gasteiger partial charge is 0.731 e. The van der Waals surface area contributed by atoms with Crippen molar-refractivity contribution in [2.24, 2.45) is 5.73 Å². The number of hydrogen-bond donors (Lipinski definition) is 2. The molecule has 1 aliphatic rings. The van der Waals surface area contributed by atoms with E-state index in [1.54, 1.807) is 30.3 Å². The van der Waals surface area contributed by atoms with Crippen molar-refractivity contribution in [3.8, 4) is 0 Å². The van der Waals surface area contributed by atoms with Gasteiger partial charge in [0.1, 0.15) is 25.3 Å². The molecule has 1 aromatic rings. The zero-order valence-electron chi connectivity index (χ0n) is 13.7. The molecule has 2 atom stereocenters. The fourth-order valence-electron chi connectivity index (χ4n) is 2.18. The zero-order valence-corrected chi connectivity index (χ0v) is 16.5. The SMILES string of the molecule is NC(=O)OC[C@H]1[C@@H](NC(=O)OCc2ccccc2)C(=O)N1S(=O)(=O)[O-].[Na+]. The van der Waals surface area contributed by atoms with Gasteiger partial charge >= 0.3 is 41.7 Å². The number of primary amides is 1. The summed E-state index contributed by atoms with van der Waals surface area (Å²) in [7, 11) is -5.13. The molecule has 0 aliphatic carbocycles. The van der Waals surface area contributed by atoms with Gasteiger partial charge in [0, 0.05) is 0 Å². The molecular weight excluding hydrogens is 381 g/mol. The fourth-order valence-corrected chi connectivity index (χ4v) is 3.02. The third-order valence-corrected chi connectivity index (χ3v) is 4.23. The van der Waals surface area contributed by atoms with Crippen molar-refractivity contribution in [3.05, 3.63) is 35.9 Å². The van der Waals surface area contributed by atoms with E-state index < -0.39 is 47.1 Å². The standard InChI is InChI=1S/C13H15N3O8S.Na/c14-12(18)23-7-9-10(11(17)16(9)25(20,21)22)15-13(19)24-6-8-4-2-1-3-5-8;/h1-5,9-10H,6-7H2,(H2,14,18)(H,15,19)(H,20,21,22);/q;+1/p-1/t9-,10+;/m0./s1. The molecule has 136 valence electrons. The number of nitrogens with two attached hydrogens (primary N) is 1. The van der Waals surface area contributed by atoms with Crippen LogP contribution in [0.5, 0.6) is 0 Å². The van der Waals surface area contributed by atoms with E-state index in [9.17, 15) is 27.4 Å². The number of amides is 3. The van der Waals surface area contributed by atoms with Crippen LogP contribution in [0.25, 0.3) is 0 Å². The minimum atomic E-state index is -5.13. The molecule has 1 aromatic carbocycles. The molecule has 3 amide bonds. The van der Waals surface area contributed by atoms with Crippen molar-refractivity contribution < 1.29 is 66.4 Å². The average Bonchev–Trinajstić information content (AvgIpc) is 2.53. The maximum absolute atomic E-state index is 11.8. The first-order valence-corrected chi connectivity index (χ1v) is 8.25. The Labute approximate surface area is 171 Å². The molecule has 3 N–H and O–H groups in total. The predicted molar refractivity (Wildman–Crippen MR) is 79.4 cm³/mol. The molecule has 26 heavy (non-hydrogen) atoms. The molecule has 1 saturated heterocycles. The fraction of sp³-hybridized carbons (Fsp3) is 0.308. The van der Waals surface area contributed by atoms with Crippen LogP contribution in [0.15, 0.2) is 30.3 Å². The molecule has 13 heteroatoms. The first-order chi connectivity index (χ1) is 11.7. The second kappa shape index (κ2) is 9.19. The van der Waals surface area contributed by atoms with Crippen LogP contribution in [0.2, 0.25) is 0 Å². The molecule has 0 bridgehead atoms. The van der Waals surface area contributed by atoms with Crippen LogP contribution in [0.1, 0.15) is 5.56 Å². The topological polar surface area (TPSA) is 168 Å². The summed E-state index contributed by atoms with van der Waals surface area (Å²) in [6, 6.07) is 5.87. The summed E-state index contributed by atoms with van der Waals surface area (Å²) < 4.78 is 42.4. The number of carbonyl (C=O) groups excluding carboxylic acids is 3. The number of nitrogens with zero attached hydrogens (tertiary/aromatic N) is 1. The third-order valence-electron chi connectivity index (χ3n) is 3.29. The van der Waals surface area contributed by atoms with Gasteiger partial charge in [-0.3, -0.25) is 4.79 Å². The Bertz CT molecular complexity index is 773. The monoisotopic (exact) mass is 395 g/mol. The number of hydrogen-bond acceptors (Lipinski definition) is 8. The summed E-state index contributed by atoms with van der Waals surface area (Å²) in [5, 5.41) is 2.12. The van der Waals surface area contributed by atoms with Crippen molar-refractivity contribution in [3.63, 3.8) is 0 Å². The number of alkyl carbamates (subject to hydrolysis) is 1. The van der Waals surface area contributed by atoms with Crippen molar-refractivity contribution in [1.29, 1.82) is 0 Å². The first kappa shape index (κ1) is 22.2. The molecule has 0 radical (unpaired) electrons. The zero-order chi connectivity index (χ0) is 18.6. The van der Waals surface area contributed by atoms with Crippen LogP contribution in [0.4, 0.5) is 9.59 Å². The average molecular weight is 395 g/mol. The Morgan fingerprint density at radius 2 is 1.85 bits per heavy atom. The van der Waals surface area contributed by atoms with Gasteiger partial charge < -0.3 is 25.1 Å². The molecule has 2 rings (SSSR count). The Morgan fingerprint density at radius 3 is 2.38 bits per heavy atom. The van der Waals surface area contributed by atoms with Gasteiger partial charge in [-0.25, -0.2) is 22.3 Å². The van der Waals surface area contributed by atoms with Gasteiger partial charge in [0.05, 0.1) is 0 Å². The molecule has 1 fully saturated rings. The van der Waals surface area contributed by atoms with Crippen LogP contribution in [0, 0.1) is 0 Å². The van der Waals surface area contributed by atoms with Gasteiger partial charge in [0.15, 0.2) is 10.3 Å². The van der Waals surface area contributed by atoms with Crippen LogP contribution < -0.4 is 40.6 Å². The van der Waals surface area contributed by atoms with E-state index in [-0.39, 0.29) is 40.5 Å². The van der Waals surface area contributed by atoms with Crippen molar-refractivity contribution in [1.82, 2.24) is 9.62 Å². The predicted octanol–water partition coefficient (Wildman–Crippen LogP) is -3.95. The number of benzene rings is 1. The third kappa shape index (κ3) is 5.57. The van der Waals surface area contributed by atoms with Crippen molar-refractivity contribution >= 4 is 28.4 Å². The number of β-lactam (4-membered cyclic amide) rings is 1. The van der Waals surface area contributed by atoms with Crippen LogP contribution in [-0.2, 0) is 31.2 Å². The van der Waals surface area contributed by atoms with Crippen molar-refractivity contribution in [2.45, 2.75) is 18.7 Å². The van der Waals surface area contributed by atoms with E-state index in [1.165, 1.54) is 0 Å². The number of carbonyl (C=O) groups is 3. The number of ether oxygens (including phenoxy) is 2. The van der Waals surface area contributed by atoms with E-state index in [4.69, 9.17) is 10.5 Å². The van der Waals surface area contributed by atoms with E-state index in [2.05, 4.69) is 10.1 Å². The maximum Gasteiger partial charge on any atom is 1.00 e. The Morgan fingerprint density at radius 1 is 1.23 bits per heavy atom. The van der Waals surface area contributed by atoms with E-state index in [0.29, 0.717) is 5.56 Å². The van der Waals surface area contributed by atoms with Crippen LogP contribution in [-0.4, -0.2) is 54.1 Å². The first-order valence-electron chi connectivity index (χ1n) is 6.88. The quantitative estimate of drug-likeness (QED) is 0.279. The second-order valence-corrected chi connectivity index (χ2v) is 6.22. The summed E-state index contributed by atoms with van der Waals surface area (Å²) >= 11 is 0. The minimum Gasteiger partial charge on any atom is -0.731 e. The summed E-state index contributed by atoms with van der Waals surface area (Å²) in [5.41, 5.74) is 5.45. The molecule has 0 saturated carbocycles. The Hall–Kier alpha value is -1.86. The van der Waals surface area contributed by atoms with Gasteiger partial charge in [0.25, 0.3) is 5.91 Å². The van der Waals surface area contributed by atoms with Gasteiger partial charge in [-0.05, 0) is 5.56 Å². The molecule has 0 aromatic heterocycles. The minimum absolute atomic E-state index is 0. The molecule has 11 nitrogen and oxygen atoms in total. The van der Waals surface area contributed by atoms with E-state index in [0.717, 1.165) is 0 Å². The summed E-state index contributed by atoms with van der Waals surface area (Å²) in [6.45, 7) is -0.758. The van der Waals surface area contributed by atoms with E-state index in [1.807, 2.05) is 0 Å². The van der Waals surface area contributed by atoms with Crippen LogP contribution in [0.3, 0.4) is 0 Å². The van der Waals surface area contributed by atoms with E-state index >= 15 is 0 Å². The summed E-state index contributed by atoms with van der Waals surface area (Å²) in [6.07, 6.45) is -2.23. The van der Waals surface area contributed by atoms with Crippen LogP contribution >= 0.6 is 0 Å². The largest absolute Gasteiger partial charge is 1.00 e. The van der Waals surface area contributed by atoms with Gasteiger partial charge in [-0.1, -0.05) is 30.3 Å². The Balaban J connectivity index is 0.00000338. The Kier molecular flexibility index (Phi) is 7.84. The number of nitrogens with one attached hydrogen (secondary N) is 1. The molecular formula is C13H14N3NaO8S. The van der Waals surface area contributed by atoms with Gasteiger partial charge in [0.2, 0.25) is 0 Å². The number of rotatable bonds is 6. The molecule has 1 aliphatic heterocycles. The van der Waals surface area contributed by atoms with Gasteiger partial charge in [-0.2, -0.15) is 0 Å². The molecule has 1 heterocycles. The van der Waals surface area contributed by atoms with Gasteiger partial charge in [-0.15, -0.1) is 0 Å². The van der Waals surface area contributed by atoms with Crippen molar-refractivity contribution in [2.75, 3.05) is 6.61 Å². The summed E-state index contributed by atoms with van der Waals surface area (Å²) in [4.78, 5) is 34.1. The molecule has 0 spiro atoms. The summed E-state index contributed by atoms with van der Waals surface area (Å²) in [5.74, 6) is -1.16. The maximum atomic E-state index is 11.8. The molecule has 0 unspecified atom stereocenters.